The first kappa shape index (κ1) is 31.9. The van der Waals surface area contributed by atoms with Gasteiger partial charge >= 0.3 is 6.03 Å². The predicted octanol–water partition coefficient (Wildman–Crippen LogP) is 7.15. The third-order valence-electron chi connectivity index (χ3n) is 6.96. The van der Waals surface area contributed by atoms with Crippen LogP contribution in [0.5, 0.6) is 5.75 Å². The van der Waals surface area contributed by atoms with Gasteiger partial charge in [-0.05, 0) is 120 Å². The summed E-state index contributed by atoms with van der Waals surface area (Å²) in [6.45, 7) is 6.35. The molecule has 1 aliphatic rings. The number of rotatable bonds is 10. The summed E-state index contributed by atoms with van der Waals surface area (Å²) in [5, 5.41) is 8.97. The molecule has 3 aromatic carbocycles. The highest BCUT2D eigenvalue weighted by Crippen LogP contribution is 2.41. The zero-order chi connectivity index (χ0) is 31.1. The average molecular weight is 649 g/mol. The summed E-state index contributed by atoms with van der Waals surface area (Å²) in [5.74, 6) is -0.0945. The summed E-state index contributed by atoms with van der Waals surface area (Å²) in [5.41, 5.74) is 4.72. The molecule has 0 fully saturated rings. The number of carbonyl (C=O) groups is 2. The molecule has 0 spiro atoms. The number of hydrogen-bond donors (Lipinski definition) is 3. The number of urea groups is 1. The maximum Gasteiger partial charge on any atom is 0.319 e. The number of halogens is 1. The van der Waals surface area contributed by atoms with Gasteiger partial charge in [-0.25, -0.2) is 9.59 Å². The van der Waals surface area contributed by atoms with Gasteiger partial charge in [-0.2, -0.15) is 4.99 Å². The van der Waals surface area contributed by atoms with Crippen molar-refractivity contribution in [3.63, 3.8) is 0 Å². The lowest BCUT2D eigenvalue weighted by Gasteiger charge is -2.24. The number of nitrogens with zero attached hydrogens (tertiary/aromatic N) is 2. The topological polar surface area (TPSA) is 112 Å². The third kappa shape index (κ3) is 9.00. The summed E-state index contributed by atoms with van der Waals surface area (Å²) in [6, 6.07) is 16.0. The molecule has 226 valence electrons. The molecular formula is C33H38BrN5O4. The van der Waals surface area contributed by atoms with E-state index in [1.54, 1.807) is 30.3 Å². The van der Waals surface area contributed by atoms with Crippen molar-refractivity contribution in [3.8, 4) is 5.75 Å². The maximum absolute atomic E-state index is 13.3. The number of nitrogens with one attached hydrogen (secondary N) is 3. The van der Waals surface area contributed by atoms with Gasteiger partial charge in [-0.1, -0.05) is 34.1 Å². The van der Waals surface area contributed by atoms with E-state index in [9.17, 15) is 14.4 Å². The second-order valence-corrected chi connectivity index (χ2v) is 12.8. The van der Waals surface area contributed by atoms with Crippen molar-refractivity contribution < 1.29 is 19.1 Å². The van der Waals surface area contributed by atoms with Crippen LogP contribution in [0.4, 0.5) is 21.9 Å². The van der Waals surface area contributed by atoms with Gasteiger partial charge in [0.25, 0.3) is 5.91 Å². The SMILES string of the molecule is CN(C)CCC(NC(=O)Nc1ccc2c(c1)CCC2)c1ccc(C(=O)Nc2cc(Br)cc(N=C=O)c2OC(C)(C)C)cc1. The molecule has 43 heavy (non-hydrogen) atoms. The molecule has 1 unspecified atom stereocenters. The number of isocyanates is 1. The molecule has 0 aliphatic heterocycles. The Labute approximate surface area is 261 Å². The Kier molecular flexibility index (Phi) is 10.4. The van der Waals surface area contributed by atoms with E-state index >= 15 is 0 Å². The summed E-state index contributed by atoms with van der Waals surface area (Å²) >= 11 is 3.41. The van der Waals surface area contributed by atoms with Gasteiger partial charge < -0.3 is 25.6 Å². The zero-order valence-corrected chi connectivity index (χ0v) is 26.8. The Balaban J connectivity index is 1.50. The van der Waals surface area contributed by atoms with E-state index in [2.05, 4.69) is 53.9 Å². The van der Waals surface area contributed by atoms with Crippen molar-refractivity contribution in [2.45, 2.75) is 58.1 Å². The van der Waals surface area contributed by atoms with Crippen molar-refractivity contribution in [2.24, 2.45) is 4.99 Å². The molecule has 0 heterocycles. The second-order valence-electron chi connectivity index (χ2n) is 11.9. The minimum Gasteiger partial charge on any atom is -0.484 e. The molecule has 0 aromatic heterocycles. The fraction of sp³-hybridized carbons (Fsp3) is 0.364. The Hall–Kier alpha value is -3.98. The third-order valence-corrected chi connectivity index (χ3v) is 7.42. The monoisotopic (exact) mass is 647 g/mol. The van der Waals surface area contributed by atoms with Gasteiger partial charge in [0.05, 0.1) is 11.7 Å². The minimum atomic E-state index is -0.608. The number of anilines is 2. The molecule has 0 bridgehead atoms. The van der Waals surface area contributed by atoms with Crippen LogP contribution < -0.4 is 20.7 Å². The molecule has 1 aliphatic carbocycles. The normalized spacial score (nSPS) is 13.1. The summed E-state index contributed by atoms with van der Waals surface area (Å²) in [7, 11) is 3.97. The molecule has 4 rings (SSSR count). The van der Waals surface area contributed by atoms with Gasteiger partial charge in [0.1, 0.15) is 11.3 Å². The predicted molar refractivity (Wildman–Crippen MR) is 173 cm³/mol. The number of carbonyl (C=O) groups excluding carboxylic acids is 3. The van der Waals surface area contributed by atoms with Gasteiger partial charge in [0, 0.05) is 15.7 Å². The Morgan fingerprint density at radius 2 is 1.74 bits per heavy atom. The van der Waals surface area contributed by atoms with E-state index in [0.29, 0.717) is 22.1 Å². The van der Waals surface area contributed by atoms with E-state index in [4.69, 9.17) is 4.74 Å². The van der Waals surface area contributed by atoms with Gasteiger partial charge in [0.15, 0.2) is 5.75 Å². The number of hydrogen-bond acceptors (Lipinski definition) is 6. The summed E-state index contributed by atoms with van der Waals surface area (Å²) in [6.07, 6.45) is 5.51. The largest absolute Gasteiger partial charge is 0.484 e. The van der Waals surface area contributed by atoms with E-state index in [-0.39, 0.29) is 29.4 Å². The van der Waals surface area contributed by atoms with Crippen LogP contribution in [0.25, 0.3) is 0 Å². The lowest BCUT2D eigenvalue weighted by atomic mass is 10.0. The fourth-order valence-corrected chi connectivity index (χ4v) is 5.41. The smallest absolute Gasteiger partial charge is 0.319 e. The molecule has 9 nitrogen and oxygen atoms in total. The summed E-state index contributed by atoms with van der Waals surface area (Å²) in [4.78, 5) is 43.2. The lowest BCUT2D eigenvalue weighted by Crippen LogP contribution is -2.34. The van der Waals surface area contributed by atoms with Crippen molar-refractivity contribution in [1.82, 2.24) is 10.2 Å². The quantitative estimate of drug-likeness (QED) is 0.160. The van der Waals surface area contributed by atoms with Gasteiger partial charge in [0.2, 0.25) is 6.08 Å². The van der Waals surface area contributed by atoms with Crippen LogP contribution >= 0.6 is 15.9 Å². The number of ether oxygens (including phenoxy) is 1. The molecule has 10 heteroatoms. The van der Waals surface area contributed by atoms with E-state index in [1.165, 1.54) is 11.1 Å². The van der Waals surface area contributed by atoms with E-state index < -0.39 is 5.60 Å². The van der Waals surface area contributed by atoms with Crippen LogP contribution in [-0.2, 0) is 17.6 Å². The number of amides is 3. The standard InChI is InChI=1S/C33H38BrN5O4/c1-33(2,3)43-30-28(35-20-40)18-25(34)19-29(30)37-31(41)23-11-9-22(10-12-23)27(15-16-39(4)5)38-32(42)36-26-14-13-21-7-6-8-24(21)17-26/h9-14,17-19,27H,6-8,15-16H2,1-5H3,(H,37,41)(H2,36,38,42). The molecule has 0 saturated carbocycles. The highest BCUT2D eigenvalue weighted by atomic mass is 79.9. The highest BCUT2D eigenvalue weighted by Gasteiger charge is 2.22. The Bertz CT molecular complexity index is 1530. The first-order valence-electron chi connectivity index (χ1n) is 14.3. The molecule has 1 atom stereocenters. The highest BCUT2D eigenvalue weighted by molar-refractivity contribution is 9.10. The first-order chi connectivity index (χ1) is 20.4. The number of fused-ring (bicyclic) bond motifs is 1. The van der Waals surface area contributed by atoms with Crippen LogP contribution in [-0.4, -0.2) is 49.2 Å². The van der Waals surface area contributed by atoms with Gasteiger partial charge in [-0.3, -0.25) is 4.79 Å². The van der Waals surface area contributed by atoms with E-state index in [1.807, 2.05) is 53.1 Å². The molecule has 3 amide bonds. The Morgan fingerprint density at radius 3 is 2.42 bits per heavy atom. The molecular weight excluding hydrogens is 610 g/mol. The minimum absolute atomic E-state index is 0.248. The van der Waals surface area contributed by atoms with Crippen molar-refractivity contribution in [1.29, 1.82) is 0 Å². The molecule has 0 radical (unpaired) electrons. The summed E-state index contributed by atoms with van der Waals surface area (Å²) < 4.78 is 6.66. The van der Waals surface area contributed by atoms with Crippen LogP contribution in [0.15, 0.2) is 64.1 Å². The fourth-order valence-electron chi connectivity index (χ4n) is 4.96. The number of aryl methyl sites for hydroxylation is 2. The van der Waals surface area contributed by atoms with Gasteiger partial charge in [-0.15, -0.1) is 0 Å². The first-order valence-corrected chi connectivity index (χ1v) is 15.1. The van der Waals surface area contributed by atoms with Crippen LogP contribution in [0.2, 0.25) is 0 Å². The zero-order valence-electron chi connectivity index (χ0n) is 25.2. The maximum atomic E-state index is 13.3. The van der Waals surface area contributed by atoms with Crippen LogP contribution in [0.1, 0.15) is 66.7 Å². The van der Waals surface area contributed by atoms with Crippen LogP contribution in [0, 0.1) is 0 Å². The second kappa shape index (κ2) is 14.0. The average Bonchev–Trinajstić information content (AvgIpc) is 3.40. The molecule has 3 N–H and O–H groups in total. The van der Waals surface area contributed by atoms with Crippen molar-refractivity contribution >= 4 is 51.0 Å². The number of benzene rings is 3. The number of aliphatic imine (C=N–C) groups is 1. The van der Waals surface area contributed by atoms with Crippen molar-refractivity contribution in [2.75, 3.05) is 31.3 Å². The van der Waals surface area contributed by atoms with E-state index in [0.717, 1.165) is 37.1 Å². The molecule has 0 saturated heterocycles. The van der Waals surface area contributed by atoms with Crippen molar-refractivity contribution in [3.05, 3.63) is 81.3 Å². The van der Waals surface area contributed by atoms with Crippen LogP contribution in [0.3, 0.4) is 0 Å². The Morgan fingerprint density at radius 1 is 1.02 bits per heavy atom. The molecule has 3 aromatic rings. The lowest BCUT2D eigenvalue weighted by molar-refractivity contribution is 0.102.